The lowest BCUT2D eigenvalue weighted by molar-refractivity contribution is 0.146. The molecule has 1 heterocycles. The number of hydrogen-bond donors (Lipinski definition) is 2. The topological polar surface area (TPSA) is 67.4 Å². The average molecular weight is 569 g/mol. The molecule has 0 spiro atoms. The number of nitrogens with zero attached hydrogens (tertiary/aromatic N) is 2. The van der Waals surface area contributed by atoms with Crippen LogP contribution in [0, 0.1) is 0 Å². The van der Waals surface area contributed by atoms with Gasteiger partial charge in [0, 0.05) is 27.2 Å². The van der Waals surface area contributed by atoms with Crippen molar-refractivity contribution in [3.63, 3.8) is 0 Å². The largest absolute Gasteiger partial charge is 0.497 e. The second-order valence-corrected chi connectivity index (χ2v) is 7.83. The summed E-state index contributed by atoms with van der Waals surface area (Å²) >= 11 is 0. The minimum atomic E-state index is 0. The minimum Gasteiger partial charge on any atom is -0.497 e. The molecule has 1 aliphatic heterocycles. The van der Waals surface area contributed by atoms with Crippen LogP contribution in [0.3, 0.4) is 0 Å². The van der Waals surface area contributed by atoms with E-state index in [2.05, 4.69) is 44.8 Å². The van der Waals surface area contributed by atoms with E-state index in [1.165, 1.54) is 18.4 Å². The van der Waals surface area contributed by atoms with Gasteiger partial charge in [0.25, 0.3) is 0 Å². The van der Waals surface area contributed by atoms with Gasteiger partial charge in [0.2, 0.25) is 0 Å². The Hall–Kier alpha value is -2.04. The molecule has 1 unspecified atom stereocenters. The zero-order chi connectivity index (χ0) is 22.6. The number of methoxy groups -OCH3 is 2. The Labute approximate surface area is 214 Å². The fourth-order valence-electron chi connectivity index (χ4n) is 3.95. The highest BCUT2D eigenvalue weighted by molar-refractivity contribution is 14.0. The zero-order valence-corrected chi connectivity index (χ0v) is 22.2. The van der Waals surface area contributed by atoms with Gasteiger partial charge in [0.15, 0.2) is 5.96 Å². The van der Waals surface area contributed by atoms with Crippen LogP contribution >= 0.6 is 24.0 Å². The van der Waals surface area contributed by atoms with Crippen LogP contribution in [-0.2, 0) is 11.3 Å². The smallest absolute Gasteiger partial charge is 0.191 e. The highest BCUT2D eigenvalue weighted by Crippen LogP contribution is 2.27. The summed E-state index contributed by atoms with van der Waals surface area (Å²) in [6.07, 6.45) is 2.49. The van der Waals surface area contributed by atoms with Crippen LogP contribution < -0.4 is 20.1 Å². The molecule has 1 atom stereocenters. The van der Waals surface area contributed by atoms with Crippen LogP contribution in [0.4, 0.5) is 0 Å². The van der Waals surface area contributed by atoms with Crippen LogP contribution in [0.2, 0.25) is 0 Å². The minimum absolute atomic E-state index is 0. The maximum Gasteiger partial charge on any atom is 0.191 e. The van der Waals surface area contributed by atoms with Gasteiger partial charge in [-0.2, -0.15) is 0 Å². The van der Waals surface area contributed by atoms with Crippen molar-refractivity contribution in [1.82, 2.24) is 15.5 Å². The van der Waals surface area contributed by atoms with Gasteiger partial charge in [-0.1, -0.05) is 24.3 Å². The first kappa shape index (κ1) is 27.2. The van der Waals surface area contributed by atoms with Crippen molar-refractivity contribution >= 4 is 29.9 Å². The van der Waals surface area contributed by atoms with Crippen LogP contribution in [-0.4, -0.2) is 65.0 Å². The van der Waals surface area contributed by atoms with Crippen molar-refractivity contribution in [3.05, 3.63) is 59.7 Å². The van der Waals surface area contributed by atoms with Gasteiger partial charge in [-0.15, -0.1) is 24.0 Å². The second-order valence-electron chi connectivity index (χ2n) is 7.83. The summed E-state index contributed by atoms with van der Waals surface area (Å²) in [5.41, 5.74) is 2.39. The Balaban J connectivity index is 0.00000385. The van der Waals surface area contributed by atoms with Gasteiger partial charge in [0.05, 0.1) is 19.8 Å². The standard InChI is InChI=1S/C25H36N4O3.HI/c1-26-25(27-18-20-8-6-11-23(16-20)32-15-14-30-2)28-19-24(29-12-4-5-13-29)21-9-7-10-22(17-21)31-3;/h6-11,16-17,24H,4-5,12-15,18-19H2,1-3H3,(H2,26,27,28);1H. The fourth-order valence-corrected chi connectivity index (χ4v) is 3.95. The summed E-state index contributed by atoms with van der Waals surface area (Å²) in [6.45, 7) is 4.78. The molecule has 2 N–H and O–H groups in total. The number of halogens is 1. The third-order valence-corrected chi connectivity index (χ3v) is 5.66. The van der Waals surface area contributed by atoms with E-state index in [0.717, 1.165) is 42.7 Å². The Bertz CT molecular complexity index is 859. The highest BCUT2D eigenvalue weighted by Gasteiger charge is 2.24. The Morgan fingerprint density at radius 1 is 1.00 bits per heavy atom. The Morgan fingerprint density at radius 3 is 2.48 bits per heavy atom. The van der Waals surface area contributed by atoms with E-state index < -0.39 is 0 Å². The number of benzene rings is 2. The summed E-state index contributed by atoms with van der Waals surface area (Å²) < 4.78 is 16.2. The van der Waals surface area contributed by atoms with Crippen molar-refractivity contribution < 1.29 is 14.2 Å². The summed E-state index contributed by atoms with van der Waals surface area (Å²) in [6, 6.07) is 16.7. The van der Waals surface area contributed by atoms with Crippen molar-refractivity contribution in [2.45, 2.75) is 25.4 Å². The molecule has 33 heavy (non-hydrogen) atoms. The maximum atomic E-state index is 5.71. The summed E-state index contributed by atoms with van der Waals surface area (Å²) in [5.74, 6) is 2.51. The molecule has 0 saturated carbocycles. The van der Waals surface area contributed by atoms with Crippen molar-refractivity contribution in [1.29, 1.82) is 0 Å². The van der Waals surface area contributed by atoms with Gasteiger partial charge >= 0.3 is 0 Å². The van der Waals surface area contributed by atoms with Crippen LogP contribution in [0.25, 0.3) is 0 Å². The van der Waals surface area contributed by atoms with E-state index in [1.54, 1.807) is 21.3 Å². The summed E-state index contributed by atoms with van der Waals surface area (Å²) in [7, 11) is 5.19. The molecule has 3 rings (SSSR count). The van der Waals surface area contributed by atoms with Crippen LogP contribution in [0.5, 0.6) is 11.5 Å². The number of ether oxygens (including phenoxy) is 3. The lowest BCUT2D eigenvalue weighted by Crippen LogP contribution is -2.42. The number of nitrogens with one attached hydrogen (secondary N) is 2. The maximum absolute atomic E-state index is 5.71. The van der Waals surface area contributed by atoms with E-state index in [-0.39, 0.29) is 30.0 Å². The van der Waals surface area contributed by atoms with Crippen LogP contribution in [0.1, 0.15) is 30.0 Å². The molecule has 1 saturated heterocycles. The number of likely N-dealkylation sites (tertiary alicyclic amines) is 1. The van der Waals surface area contributed by atoms with E-state index in [4.69, 9.17) is 14.2 Å². The molecule has 8 heteroatoms. The molecular weight excluding hydrogens is 531 g/mol. The van der Waals surface area contributed by atoms with Crippen molar-refractivity contribution in [2.24, 2.45) is 4.99 Å². The van der Waals surface area contributed by atoms with E-state index in [1.807, 2.05) is 24.3 Å². The van der Waals surface area contributed by atoms with Gasteiger partial charge in [-0.05, 0) is 61.3 Å². The SMILES string of the molecule is CN=C(NCc1cccc(OCCOC)c1)NCC(c1cccc(OC)c1)N1CCCC1.I. The monoisotopic (exact) mass is 568 g/mol. The number of rotatable bonds is 11. The van der Waals surface area contributed by atoms with Gasteiger partial charge in [-0.3, -0.25) is 9.89 Å². The molecule has 0 amide bonds. The molecule has 7 nitrogen and oxygen atoms in total. The number of aliphatic imine (C=N–C) groups is 1. The van der Waals surface area contributed by atoms with Crippen molar-refractivity contribution in [2.75, 3.05) is 54.1 Å². The Morgan fingerprint density at radius 2 is 1.76 bits per heavy atom. The number of guanidine groups is 1. The predicted octanol–water partition coefficient (Wildman–Crippen LogP) is 3.84. The molecule has 2 aromatic carbocycles. The van der Waals surface area contributed by atoms with E-state index >= 15 is 0 Å². The quantitative estimate of drug-likeness (QED) is 0.186. The first-order valence-corrected chi connectivity index (χ1v) is 11.3. The van der Waals surface area contributed by atoms with Crippen molar-refractivity contribution in [3.8, 4) is 11.5 Å². The number of hydrogen-bond acceptors (Lipinski definition) is 5. The molecule has 2 aromatic rings. The summed E-state index contributed by atoms with van der Waals surface area (Å²) in [5, 5.41) is 6.93. The summed E-state index contributed by atoms with van der Waals surface area (Å²) in [4.78, 5) is 6.95. The zero-order valence-electron chi connectivity index (χ0n) is 19.9. The molecule has 182 valence electrons. The van der Waals surface area contributed by atoms with Gasteiger partial charge in [-0.25, -0.2) is 0 Å². The molecule has 0 bridgehead atoms. The van der Waals surface area contributed by atoms with Gasteiger partial charge < -0.3 is 24.8 Å². The molecule has 1 fully saturated rings. The predicted molar refractivity (Wildman–Crippen MR) is 144 cm³/mol. The molecule has 0 aliphatic carbocycles. The Kier molecular flexibility index (Phi) is 12.3. The lowest BCUT2D eigenvalue weighted by atomic mass is 10.1. The first-order valence-electron chi connectivity index (χ1n) is 11.3. The van der Waals surface area contributed by atoms with Crippen LogP contribution in [0.15, 0.2) is 53.5 Å². The molecule has 1 aliphatic rings. The second kappa shape index (κ2) is 15.0. The molecule has 0 radical (unpaired) electrons. The lowest BCUT2D eigenvalue weighted by Gasteiger charge is -2.29. The normalized spacial score (nSPS) is 14.9. The molecular formula is C25H37IN4O3. The average Bonchev–Trinajstić information content (AvgIpc) is 3.36. The molecule has 0 aromatic heterocycles. The first-order chi connectivity index (χ1) is 15.7. The third kappa shape index (κ3) is 8.68. The van der Waals surface area contributed by atoms with E-state index in [9.17, 15) is 0 Å². The fraction of sp³-hybridized carbons (Fsp3) is 0.480. The van der Waals surface area contributed by atoms with Gasteiger partial charge in [0.1, 0.15) is 18.1 Å². The van der Waals surface area contributed by atoms with E-state index in [0.29, 0.717) is 19.8 Å². The third-order valence-electron chi connectivity index (χ3n) is 5.66. The highest BCUT2D eigenvalue weighted by atomic mass is 127.